The second-order valence-corrected chi connectivity index (χ2v) is 8.51. The van der Waals surface area contributed by atoms with E-state index in [-0.39, 0.29) is 5.92 Å². The largest absolute Gasteiger partial charge is 0.444 e. The molecule has 0 spiro atoms. The molecule has 0 radical (unpaired) electrons. The summed E-state index contributed by atoms with van der Waals surface area (Å²) in [4.78, 5) is 25.6. The second-order valence-electron chi connectivity index (χ2n) is 8.51. The first-order chi connectivity index (χ1) is 13.4. The highest BCUT2D eigenvalue weighted by atomic mass is 16.6. The van der Waals surface area contributed by atoms with Gasteiger partial charge in [0, 0.05) is 12.5 Å². The van der Waals surface area contributed by atoms with Crippen LogP contribution >= 0.6 is 0 Å². The Balaban J connectivity index is 1.69. The van der Waals surface area contributed by atoms with Gasteiger partial charge in [0.15, 0.2) is 0 Å². The first-order valence-electron chi connectivity index (χ1n) is 9.93. The molecule has 148 valence electrons. The van der Waals surface area contributed by atoms with E-state index in [1.165, 1.54) is 16.7 Å². The average Bonchev–Trinajstić information content (AvgIpc) is 2.67. The van der Waals surface area contributed by atoms with E-state index in [1.54, 1.807) is 4.90 Å². The molecule has 1 fully saturated rings. The molecule has 0 bridgehead atoms. The highest BCUT2D eigenvalue weighted by Crippen LogP contribution is 2.31. The van der Waals surface area contributed by atoms with Crippen LogP contribution in [-0.2, 0) is 16.0 Å². The van der Waals surface area contributed by atoms with Gasteiger partial charge in [-0.15, -0.1) is 0 Å². The summed E-state index contributed by atoms with van der Waals surface area (Å²) in [6, 6.07) is 18.6. The van der Waals surface area contributed by atoms with E-state index in [4.69, 9.17) is 4.74 Å². The summed E-state index contributed by atoms with van der Waals surface area (Å²) in [6.07, 6.45) is 2.92. The van der Waals surface area contributed by atoms with Crippen LogP contribution in [0.1, 0.15) is 56.2 Å². The number of rotatable bonds is 4. The molecule has 2 aromatic rings. The highest BCUT2D eigenvalue weighted by Gasteiger charge is 2.34. The van der Waals surface area contributed by atoms with Crippen molar-refractivity contribution in [2.45, 2.75) is 57.6 Å². The van der Waals surface area contributed by atoms with E-state index in [0.29, 0.717) is 13.0 Å². The summed E-state index contributed by atoms with van der Waals surface area (Å²) in [6.45, 7) is 6.03. The molecule has 4 nitrogen and oxygen atoms in total. The van der Waals surface area contributed by atoms with E-state index >= 15 is 0 Å². The molecule has 1 saturated heterocycles. The number of amides is 1. The third kappa shape index (κ3) is 5.22. The maximum absolute atomic E-state index is 12.6. The predicted octanol–water partition coefficient (Wildman–Crippen LogP) is 4.96. The van der Waals surface area contributed by atoms with Crippen LogP contribution in [0.2, 0.25) is 0 Å². The van der Waals surface area contributed by atoms with Crippen molar-refractivity contribution < 1.29 is 14.3 Å². The van der Waals surface area contributed by atoms with Crippen molar-refractivity contribution >= 4 is 12.4 Å². The van der Waals surface area contributed by atoms with Gasteiger partial charge in [0.2, 0.25) is 0 Å². The van der Waals surface area contributed by atoms with Gasteiger partial charge in [-0.25, -0.2) is 4.79 Å². The first kappa shape index (κ1) is 20.1. The molecule has 4 heteroatoms. The molecular weight excluding hydrogens is 350 g/mol. The van der Waals surface area contributed by atoms with Crippen LogP contribution in [-0.4, -0.2) is 35.5 Å². The zero-order chi connectivity index (χ0) is 20.1. The molecule has 0 aliphatic carbocycles. The summed E-state index contributed by atoms with van der Waals surface area (Å²) in [5, 5.41) is 0. The number of hydrogen-bond acceptors (Lipinski definition) is 3. The number of hydrogen-bond donors (Lipinski definition) is 0. The molecule has 3 rings (SSSR count). The summed E-state index contributed by atoms with van der Waals surface area (Å²) in [5.74, 6) is 0.217. The number of benzene rings is 2. The molecule has 2 aromatic carbocycles. The topological polar surface area (TPSA) is 46.6 Å². The molecule has 0 N–H and O–H groups in total. The third-order valence-corrected chi connectivity index (χ3v) is 5.12. The number of ether oxygens (including phenoxy) is 1. The number of aldehydes is 1. The van der Waals surface area contributed by atoms with Gasteiger partial charge in [0.25, 0.3) is 0 Å². The van der Waals surface area contributed by atoms with Crippen molar-refractivity contribution in [3.05, 3.63) is 71.3 Å². The van der Waals surface area contributed by atoms with Crippen LogP contribution in [0.3, 0.4) is 0 Å². The fourth-order valence-electron chi connectivity index (χ4n) is 3.68. The van der Waals surface area contributed by atoms with Gasteiger partial charge in [0.1, 0.15) is 11.9 Å². The summed E-state index contributed by atoms with van der Waals surface area (Å²) in [7, 11) is 0. The quantitative estimate of drug-likeness (QED) is 0.706. The number of carbonyl (C=O) groups is 2. The van der Waals surface area contributed by atoms with Crippen molar-refractivity contribution in [2.24, 2.45) is 0 Å². The van der Waals surface area contributed by atoms with Gasteiger partial charge in [-0.2, -0.15) is 0 Å². The summed E-state index contributed by atoms with van der Waals surface area (Å²) in [5.41, 5.74) is 3.18. The Morgan fingerprint density at radius 2 is 1.68 bits per heavy atom. The van der Waals surface area contributed by atoms with Gasteiger partial charge >= 0.3 is 6.09 Å². The van der Waals surface area contributed by atoms with Crippen LogP contribution < -0.4 is 0 Å². The van der Waals surface area contributed by atoms with E-state index in [2.05, 4.69) is 48.5 Å². The fraction of sp³-hybridized carbons (Fsp3) is 0.417. The molecule has 1 aliphatic rings. The Hall–Kier alpha value is -2.62. The van der Waals surface area contributed by atoms with E-state index in [0.717, 1.165) is 19.1 Å². The average molecular weight is 380 g/mol. The fourth-order valence-corrected chi connectivity index (χ4v) is 3.68. The zero-order valence-corrected chi connectivity index (χ0v) is 16.9. The first-order valence-corrected chi connectivity index (χ1v) is 9.93. The lowest BCUT2D eigenvalue weighted by Gasteiger charge is -2.38. The number of carbonyl (C=O) groups excluding carboxylic acids is 2. The monoisotopic (exact) mass is 379 g/mol. The normalized spacial score (nSPS) is 19.9. The Labute approximate surface area is 167 Å². The molecule has 1 heterocycles. The smallest absolute Gasteiger partial charge is 0.410 e. The standard InChI is InChI=1S/C24H29NO3/c1-24(2,3)28-23(27)25-16-21(13-14-22(25)17-26)20-11-9-19(10-12-20)15-18-7-5-4-6-8-18/h4-12,17,21-22H,13-16H2,1-3H3. The predicted molar refractivity (Wildman–Crippen MR) is 110 cm³/mol. The summed E-state index contributed by atoms with van der Waals surface area (Å²) >= 11 is 0. The Bertz CT molecular complexity index is 793. The van der Waals surface area contributed by atoms with E-state index in [9.17, 15) is 9.59 Å². The van der Waals surface area contributed by atoms with Gasteiger partial charge in [-0.05, 0) is 56.7 Å². The van der Waals surface area contributed by atoms with Crippen molar-refractivity contribution in [1.29, 1.82) is 0 Å². The molecule has 28 heavy (non-hydrogen) atoms. The molecule has 0 aromatic heterocycles. The number of nitrogens with zero attached hydrogens (tertiary/aromatic N) is 1. The Kier molecular flexibility index (Phi) is 6.18. The van der Waals surface area contributed by atoms with Gasteiger partial charge in [-0.1, -0.05) is 54.6 Å². The van der Waals surface area contributed by atoms with Crippen molar-refractivity contribution in [3.8, 4) is 0 Å². The lowest BCUT2D eigenvalue weighted by atomic mass is 9.87. The highest BCUT2D eigenvalue weighted by molar-refractivity contribution is 5.74. The third-order valence-electron chi connectivity index (χ3n) is 5.12. The number of likely N-dealkylation sites (tertiary alicyclic amines) is 1. The van der Waals surface area contributed by atoms with Gasteiger partial charge in [-0.3, -0.25) is 4.90 Å². The van der Waals surface area contributed by atoms with Crippen LogP contribution in [0.25, 0.3) is 0 Å². The minimum absolute atomic E-state index is 0.217. The van der Waals surface area contributed by atoms with Gasteiger partial charge in [0.05, 0.1) is 6.04 Å². The SMILES string of the molecule is CC(C)(C)OC(=O)N1CC(c2ccc(Cc3ccccc3)cc2)CCC1C=O. The minimum Gasteiger partial charge on any atom is -0.444 e. The van der Waals surface area contributed by atoms with Crippen LogP contribution in [0.15, 0.2) is 54.6 Å². The molecular formula is C24H29NO3. The maximum Gasteiger partial charge on any atom is 0.410 e. The molecule has 1 amide bonds. The summed E-state index contributed by atoms with van der Waals surface area (Å²) < 4.78 is 5.51. The van der Waals surface area contributed by atoms with Crippen molar-refractivity contribution in [1.82, 2.24) is 4.90 Å². The Morgan fingerprint density at radius 3 is 2.29 bits per heavy atom. The van der Waals surface area contributed by atoms with Crippen molar-refractivity contribution in [2.75, 3.05) is 6.54 Å². The van der Waals surface area contributed by atoms with Gasteiger partial charge < -0.3 is 9.53 Å². The number of piperidine rings is 1. The van der Waals surface area contributed by atoms with Crippen LogP contribution in [0.4, 0.5) is 4.79 Å². The van der Waals surface area contributed by atoms with Crippen LogP contribution in [0.5, 0.6) is 0 Å². The Morgan fingerprint density at radius 1 is 1.04 bits per heavy atom. The zero-order valence-electron chi connectivity index (χ0n) is 16.9. The van der Waals surface area contributed by atoms with Crippen LogP contribution in [0, 0.1) is 0 Å². The second kappa shape index (κ2) is 8.59. The lowest BCUT2D eigenvalue weighted by Crippen LogP contribution is -2.49. The van der Waals surface area contributed by atoms with Crippen molar-refractivity contribution in [3.63, 3.8) is 0 Å². The van der Waals surface area contributed by atoms with E-state index in [1.807, 2.05) is 26.8 Å². The molecule has 0 saturated carbocycles. The molecule has 2 atom stereocenters. The maximum atomic E-state index is 12.6. The van der Waals surface area contributed by atoms with E-state index < -0.39 is 17.7 Å². The molecule has 1 aliphatic heterocycles. The minimum atomic E-state index is -0.573. The lowest BCUT2D eigenvalue weighted by molar-refractivity contribution is -0.113. The molecule has 2 unspecified atom stereocenters.